The molecule has 1 fully saturated rings. The number of carboxylic acids is 1. The smallest absolute Gasteiger partial charge is 0.326 e. The molecule has 104 valence electrons. The number of hydrogen-bond acceptors (Lipinski definition) is 4. The van der Waals surface area contributed by atoms with Gasteiger partial charge in [-0.05, 0) is 12.8 Å². The molecule has 18 heavy (non-hydrogen) atoms. The minimum Gasteiger partial charge on any atom is -0.480 e. The van der Waals surface area contributed by atoms with Crippen LogP contribution in [0.25, 0.3) is 0 Å². The molecule has 0 aromatic carbocycles. The molecule has 0 aliphatic carbocycles. The summed E-state index contributed by atoms with van der Waals surface area (Å²) in [7, 11) is 1.53. The van der Waals surface area contributed by atoms with Crippen molar-refractivity contribution >= 4 is 12.0 Å². The van der Waals surface area contributed by atoms with Crippen molar-refractivity contribution in [3.05, 3.63) is 0 Å². The Kier molecular flexibility index (Phi) is 5.87. The van der Waals surface area contributed by atoms with Crippen molar-refractivity contribution in [1.82, 2.24) is 9.80 Å². The van der Waals surface area contributed by atoms with Crippen LogP contribution in [0.4, 0.5) is 4.79 Å². The second-order valence-corrected chi connectivity index (χ2v) is 4.18. The first-order chi connectivity index (χ1) is 8.61. The monoisotopic (exact) mass is 260 g/mol. The fraction of sp³-hybridized carbons (Fsp3) is 0.818. The Morgan fingerprint density at radius 2 is 2.17 bits per heavy atom. The molecule has 2 amide bonds. The van der Waals surface area contributed by atoms with E-state index in [0.717, 1.165) is 0 Å². The maximum absolute atomic E-state index is 12.2. The Morgan fingerprint density at radius 3 is 2.72 bits per heavy atom. The van der Waals surface area contributed by atoms with E-state index in [0.29, 0.717) is 32.5 Å². The van der Waals surface area contributed by atoms with Gasteiger partial charge < -0.3 is 24.7 Å². The van der Waals surface area contributed by atoms with E-state index in [4.69, 9.17) is 14.9 Å². The van der Waals surface area contributed by atoms with E-state index in [2.05, 4.69) is 0 Å². The summed E-state index contributed by atoms with van der Waals surface area (Å²) in [6.07, 6.45) is 1.18. The Bertz CT molecular complexity index is 297. The molecule has 1 aliphatic rings. The summed E-state index contributed by atoms with van der Waals surface area (Å²) in [4.78, 5) is 26.0. The van der Waals surface area contributed by atoms with Gasteiger partial charge in [0.1, 0.15) is 6.04 Å². The van der Waals surface area contributed by atoms with Crippen LogP contribution in [0.3, 0.4) is 0 Å². The van der Waals surface area contributed by atoms with Gasteiger partial charge in [0.05, 0.1) is 13.2 Å². The molecule has 0 spiro atoms. The molecule has 7 heteroatoms. The number of likely N-dealkylation sites (tertiary alicyclic amines) is 1. The van der Waals surface area contributed by atoms with Gasteiger partial charge in [-0.3, -0.25) is 0 Å². The molecule has 0 bridgehead atoms. The number of aliphatic hydroxyl groups excluding tert-OH is 1. The van der Waals surface area contributed by atoms with Gasteiger partial charge in [0.15, 0.2) is 0 Å². The summed E-state index contributed by atoms with van der Waals surface area (Å²) in [5, 5.41) is 18.0. The van der Waals surface area contributed by atoms with E-state index in [1.165, 1.54) is 16.9 Å². The first-order valence-electron chi connectivity index (χ1n) is 6.00. The lowest BCUT2D eigenvalue weighted by atomic mass is 10.2. The molecule has 1 heterocycles. The molecule has 0 saturated carbocycles. The Hall–Kier alpha value is -1.34. The third kappa shape index (κ3) is 3.58. The molecule has 7 nitrogen and oxygen atoms in total. The van der Waals surface area contributed by atoms with Crippen molar-refractivity contribution in [2.75, 3.05) is 40.0 Å². The highest BCUT2D eigenvalue weighted by molar-refractivity contribution is 5.83. The van der Waals surface area contributed by atoms with Gasteiger partial charge in [-0.25, -0.2) is 9.59 Å². The molecule has 1 aliphatic heterocycles. The van der Waals surface area contributed by atoms with Crippen molar-refractivity contribution in [3.8, 4) is 0 Å². The van der Waals surface area contributed by atoms with E-state index in [-0.39, 0.29) is 19.2 Å². The Balaban J connectivity index is 2.65. The van der Waals surface area contributed by atoms with E-state index in [1.54, 1.807) is 0 Å². The van der Waals surface area contributed by atoms with Crippen molar-refractivity contribution < 1.29 is 24.5 Å². The maximum Gasteiger partial charge on any atom is 0.326 e. The van der Waals surface area contributed by atoms with Crippen molar-refractivity contribution in [2.24, 2.45) is 0 Å². The van der Waals surface area contributed by atoms with Crippen molar-refractivity contribution in [2.45, 2.75) is 18.9 Å². The number of nitrogens with zero attached hydrogens (tertiary/aromatic N) is 2. The summed E-state index contributed by atoms with van der Waals surface area (Å²) in [6, 6.07) is -1.09. The summed E-state index contributed by atoms with van der Waals surface area (Å²) in [6.45, 7) is 1.19. The van der Waals surface area contributed by atoms with Crippen LogP contribution in [-0.2, 0) is 9.53 Å². The van der Waals surface area contributed by atoms with E-state index >= 15 is 0 Å². The van der Waals surface area contributed by atoms with Crippen LogP contribution in [0.5, 0.6) is 0 Å². The lowest BCUT2D eigenvalue weighted by Gasteiger charge is -2.29. The number of carbonyl (C=O) groups is 2. The molecule has 1 atom stereocenters. The second-order valence-electron chi connectivity index (χ2n) is 4.18. The number of methoxy groups -OCH3 is 1. The SMILES string of the molecule is COCCN(CCO)C(=O)N1CCCC1C(=O)O. The zero-order valence-corrected chi connectivity index (χ0v) is 10.5. The summed E-state index contributed by atoms with van der Waals surface area (Å²) >= 11 is 0. The van der Waals surface area contributed by atoms with E-state index < -0.39 is 12.0 Å². The number of aliphatic hydroxyl groups is 1. The van der Waals surface area contributed by atoms with E-state index in [1.807, 2.05) is 0 Å². The van der Waals surface area contributed by atoms with Crippen LogP contribution < -0.4 is 0 Å². The van der Waals surface area contributed by atoms with Crippen LogP contribution in [0.2, 0.25) is 0 Å². The number of hydrogen-bond donors (Lipinski definition) is 2. The topological polar surface area (TPSA) is 90.3 Å². The number of carbonyl (C=O) groups excluding carboxylic acids is 1. The lowest BCUT2D eigenvalue weighted by Crippen LogP contribution is -2.49. The summed E-state index contributed by atoms with van der Waals surface area (Å²) in [5.41, 5.74) is 0. The Morgan fingerprint density at radius 1 is 1.44 bits per heavy atom. The van der Waals surface area contributed by atoms with Crippen LogP contribution in [0, 0.1) is 0 Å². The minimum absolute atomic E-state index is 0.152. The van der Waals surface area contributed by atoms with Crippen LogP contribution >= 0.6 is 0 Å². The van der Waals surface area contributed by atoms with Gasteiger partial charge in [0.2, 0.25) is 0 Å². The highest BCUT2D eigenvalue weighted by atomic mass is 16.5. The molecular weight excluding hydrogens is 240 g/mol. The molecular formula is C11H20N2O5. The van der Waals surface area contributed by atoms with Gasteiger partial charge in [0.25, 0.3) is 0 Å². The standard InChI is InChI=1S/C11H20N2O5/c1-18-8-6-12(5-7-14)11(17)13-4-2-3-9(13)10(15)16/h9,14H,2-8H2,1H3,(H,15,16). The summed E-state index contributed by atoms with van der Waals surface area (Å²) < 4.78 is 4.90. The Labute approximate surface area is 106 Å². The summed E-state index contributed by atoms with van der Waals surface area (Å²) in [5.74, 6) is -0.975. The number of rotatable bonds is 6. The quantitative estimate of drug-likeness (QED) is 0.678. The zero-order valence-electron chi connectivity index (χ0n) is 10.5. The number of ether oxygens (including phenoxy) is 1. The van der Waals surface area contributed by atoms with Crippen LogP contribution in [0.15, 0.2) is 0 Å². The average Bonchev–Trinajstić information content (AvgIpc) is 2.82. The predicted molar refractivity (Wildman–Crippen MR) is 63.3 cm³/mol. The third-order valence-electron chi connectivity index (χ3n) is 2.99. The normalized spacial score (nSPS) is 19.0. The average molecular weight is 260 g/mol. The number of carboxylic acid groups (broad SMARTS) is 1. The second kappa shape index (κ2) is 7.17. The predicted octanol–water partition coefficient (Wildman–Crippen LogP) is -0.404. The fourth-order valence-electron chi connectivity index (χ4n) is 2.06. The van der Waals surface area contributed by atoms with Gasteiger partial charge in [-0.2, -0.15) is 0 Å². The first-order valence-corrected chi connectivity index (χ1v) is 6.00. The lowest BCUT2D eigenvalue weighted by molar-refractivity contribution is -0.141. The fourth-order valence-corrected chi connectivity index (χ4v) is 2.06. The molecule has 0 radical (unpaired) electrons. The van der Waals surface area contributed by atoms with Crippen molar-refractivity contribution in [3.63, 3.8) is 0 Å². The zero-order chi connectivity index (χ0) is 13.5. The van der Waals surface area contributed by atoms with Crippen LogP contribution in [-0.4, -0.2) is 78.0 Å². The number of aliphatic carboxylic acids is 1. The van der Waals surface area contributed by atoms with Gasteiger partial charge in [-0.1, -0.05) is 0 Å². The van der Waals surface area contributed by atoms with Gasteiger partial charge in [0, 0.05) is 26.7 Å². The van der Waals surface area contributed by atoms with Gasteiger partial charge >= 0.3 is 12.0 Å². The van der Waals surface area contributed by atoms with Gasteiger partial charge in [-0.15, -0.1) is 0 Å². The minimum atomic E-state index is -0.975. The number of urea groups is 1. The third-order valence-corrected chi connectivity index (χ3v) is 2.99. The molecule has 2 N–H and O–H groups in total. The maximum atomic E-state index is 12.2. The van der Waals surface area contributed by atoms with Crippen molar-refractivity contribution in [1.29, 1.82) is 0 Å². The molecule has 1 unspecified atom stereocenters. The highest BCUT2D eigenvalue weighted by Gasteiger charge is 2.35. The molecule has 1 saturated heterocycles. The van der Waals surface area contributed by atoms with E-state index in [9.17, 15) is 9.59 Å². The number of amides is 2. The molecule has 1 rings (SSSR count). The first kappa shape index (κ1) is 14.7. The highest BCUT2D eigenvalue weighted by Crippen LogP contribution is 2.19. The van der Waals surface area contributed by atoms with Crippen LogP contribution in [0.1, 0.15) is 12.8 Å². The molecule has 0 aromatic heterocycles. The molecule has 0 aromatic rings. The largest absolute Gasteiger partial charge is 0.480 e.